The molecule has 1 aromatic carbocycles. The number of carbonyl (C=O) groups excluding carboxylic acids is 1. The molecule has 0 saturated carbocycles. The number of amides is 1. The average Bonchev–Trinajstić information content (AvgIpc) is 2.86. The van der Waals surface area contributed by atoms with Crippen molar-refractivity contribution in [1.29, 1.82) is 0 Å². The van der Waals surface area contributed by atoms with Gasteiger partial charge in [-0.15, -0.1) is 0 Å². The first-order chi connectivity index (χ1) is 9.08. The van der Waals surface area contributed by atoms with Gasteiger partial charge in [0.1, 0.15) is 18.1 Å². The summed E-state index contributed by atoms with van der Waals surface area (Å²) in [5.74, 6) is 0.0993. The van der Waals surface area contributed by atoms with Gasteiger partial charge in [-0.1, -0.05) is 6.58 Å². The number of aromatic nitrogens is 3. The fourth-order valence-corrected chi connectivity index (χ4v) is 1.52. The molecule has 0 unspecified atom stereocenters. The topological polar surface area (TPSA) is 93.9 Å². The predicted molar refractivity (Wildman–Crippen MR) is 70.6 cm³/mol. The lowest BCUT2D eigenvalue weighted by molar-refractivity contribution is 0.0996. The Balaban J connectivity index is 2.20. The van der Waals surface area contributed by atoms with Crippen LogP contribution < -0.4 is 10.5 Å². The van der Waals surface area contributed by atoms with Gasteiger partial charge < -0.3 is 10.5 Å². The van der Waals surface area contributed by atoms with E-state index in [0.717, 1.165) is 16.9 Å². The SMILES string of the molecule is C=C(C)COc1ccc(-c2n[nH]nc2C(N)=O)cc1. The molecule has 3 N–H and O–H groups in total. The number of H-pyrrole nitrogens is 1. The second kappa shape index (κ2) is 5.34. The fourth-order valence-electron chi connectivity index (χ4n) is 1.52. The number of primary amides is 1. The largest absolute Gasteiger partial charge is 0.489 e. The number of aromatic amines is 1. The molecule has 0 aliphatic heterocycles. The van der Waals surface area contributed by atoms with E-state index >= 15 is 0 Å². The van der Waals surface area contributed by atoms with E-state index < -0.39 is 5.91 Å². The molecule has 0 aliphatic rings. The molecular formula is C13H14N4O2. The molecule has 1 aromatic heterocycles. The number of hydrogen-bond acceptors (Lipinski definition) is 4. The van der Waals surface area contributed by atoms with Crippen molar-refractivity contribution in [3.05, 3.63) is 42.1 Å². The van der Waals surface area contributed by atoms with Gasteiger partial charge in [0.15, 0.2) is 5.69 Å². The van der Waals surface area contributed by atoms with Crippen molar-refractivity contribution in [3.8, 4) is 17.0 Å². The first-order valence-corrected chi connectivity index (χ1v) is 5.66. The second-order valence-corrected chi connectivity index (χ2v) is 4.16. The van der Waals surface area contributed by atoms with Crippen molar-refractivity contribution in [2.45, 2.75) is 6.92 Å². The Labute approximate surface area is 110 Å². The molecule has 6 heteroatoms. The predicted octanol–water partition coefficient (Wildman–Crippen LogP) is 1.53. The van der Waals surface area contributed by atoms with Gasteiger partial charge in [0.25, 0.3) is 5.91 Å². The molecule has 0 radical (unpaired) electrons. The zero-order valence-electron chi connectivity index (χ0n) is 10.5. The van der Waals surface area contributed by atoms with Crippen LogP contribution in [-0.4, -0.2) is 27.9 Å². The van der Waals surface area contributed by atoms with E-state index in [1.54, 1.807) is 24.3 Å². The molecular weight excluding hydrogens is 244 g/mol. The van der Waals surface area contributed by atoms with Crippen LogP contribution in [0.1, 0.15) is 17.4 Å². The highest BCUT2D eigenvalue weighted by molar-refractivity contribution is 5.96. The van der Waals surface area contributed by atoms with Gasteiger partial charge in [-0.05, 0) is 36.8 Å². The quantitative estimate of drug-likeness (QED) is 0.795. The highest BCUT2D eigenvalue weighted by Gasteiger charge is 2.14. The number of benzene rings is 1. The minimum absolute atomic E-state index is 0.121. The highest BCUT2D eigenvalue weighted by Crippen LogP contribution is 2.22. The number of ether oxygens (including phenoxy) is 1. The summed E-state index contributed by atoms with van der Waals surface area (Å²) in [5, 5.41) is 10.0. The van der Waals surface area contributed by atoms with E-state index in [9.17, 15) is 4.79 Å². The molecule has 6 nitrogen and oxygen atoms in total. The van der Waals surface area contributed by atoms with Gasteiger partial charge in [0, 0.05) is 5.56 Å². The van der Waals surface area contributed by atoms with Crippen LogP contribution >= 0.6 is 0 Å². The number of rotatable bonds is 5. The van der Waals surface area contributed by atoms with E-state index in [1.807, 2.05) is 6.92 Å². The van der Waals surface area contributed by atoms with Gasteiger partial charge >= 0.3 is 0 Å². The normalized spacial score (nSPS) is 10.2. The molecule has 98 valence electrons. The summed E-state index contributed by atoms with van der Waals surface area (Å²) in [6.07, 6.45) is 0. The highest BCUT2D eigenvalue weighted by atomic mass is 16.5. The van der Waals surface area contributed by atoms with Crippen LogP contribution in [0.2, 0.25) is 0 Å². The first-order valence-electron chi connectivity index (χ1n) is 5.66. The number of nitrogens with two attached hydrogens (primary N) is 1. The molecule has 0 saturated heterocycles. The van der Waals surface area contributed by atoms with E-state index in [0.29, 0.717) is 12.3 Å². The smallest absolute Gasteiger partial charge is 0.271 e. The molecule has 19 heavy (non-hydrogen) atoms. The maximum absolute atomic E-state index is 11.2. The lowest BCUT2D eigenvalue weighted by Crippen LogP contribution is -2.12. The van der Waals surface area contributed by atoms with Crippen LogP contribution in [0.25, 0.3) is 11.3 Å². The molecule has 2 aromatic rings. The summed E-state index contributed by atoms with van der Waals surface area (Å²) in [4.78, 5) is 11.2. The summed E-state index contributed by atoms with van der Waals surface area (Å²) >= 11 is 0. The Morgan fingerprint density at radius 3 is 2.63 bits per heavy atom. The fraction of sp³-hybridized carbons (Fsp3) is 0.154. The lowest BCUT2D eigenvalue weighted by Gasteiger charge is -2.06. The second-order valence-electron chi connectivity index (χ2n) is 4.16. The maximum atomic E-state index is 11.2. The minimum atomic E-state index is -0.619. The zero-order chi connectivity index (χ0) is 13.8. The number of nitrogens with one attached hydrogen (secondary N) is 1. The molecule has 0 atom stereocenters. The van der Waals surface area contributed by atoms with Gasteiger partial charge in [0.2, 0.25) is 0 Å². The van der Waals surface area contributed by atoms with Crippen LogP contribution in [-0.2, 0) is 0 Å². The summed E-state index contributed by atoms with van der Waals surface area (Å²) in [6.45, 7) is 6.12. The van der Waals surface area contributed by atoms with Crippen molar-refractivity contribution in [2.75, 3.05) is 6.61 Å². The number of nitrogens with zero attached hydrogens (tertiary/aromatic N) is 2. The summed E-state index contributed by atoms with van der Waals surface area (Å²) in [6, 6.07) is 7.16. The number of hydrogen-bond donors (Lipinski definition) is 2. The van der Waals surface area contributed by atoms with Crippen molar-refractivity contribution in [2.24, 2.45) is 5.73 Å². The Hall–Kier alpha value is -2.63. The van der Waals surface area contributed by atoms with Crippen LogP contribution in [0.15, 0.2) is 36.4 Å². The first kappa shape index (κ1) is 12.8. The van der Waals surface area contributed by atoms with Crippen molar-refractivity contribution in [1.82, 2.24) is 15.4 Å². The maximum Gasteiger partial charge on any atom is 0.271 e. The van der Waals surface area contributed by atoms with E-state index in [-0.39, 0.29) is 5.69 Å². The van der Waals surface area contributed by atoms with E-state index in [2.05, 4.69) is 22.0 Å². The summed E-state index contributed by atoms with van der Waals surface area (Å²) in [7, 11) is 0. The minimum Gasteiger partial charge on any atom is -0.489 e. The molecule has 0 spiro atoms. The van der Waals surface area contributed by atoms with Crippen LogP contribution in [0.4, 0.5) is 0 Å². The van der Waals surface area contributed by atoms with E-state index in [1.165, 1.54) is 0 Å². The third-order valence-corrected chi connectivity index (χ3v) is 2.39. The Bertz CT molecular complexity index is 601. The average molecular weight is 258 g/mol. The van der Waals surface area contributed by atoms with Crippen LogP contribution in [0, 0.1) is 0 Å². The third-order valence-electron chi connectivity index (χ3n) is 2.39. The molecule has 1 amide bonds. The van der Waals surface area contributed by atoms with Gasteiger partial charge in [-0.2, -0.15) is 15.4 Å². The molecule has 1 heterocycles. The molecule has 0 bridgehead atoms. The van der Waals surface area contributed by atoms with Crippen LogP contribution in [0.3, 0.4) is 0 Å². The van der Waals surface area contributed by atoms with E-state index in [4.69, 9.17) is 10.5 Å². The zero-order valence-corrected chi connectivity index (χ0v) is 10.5. The Morgan fingerprint density at radius 2 is 2.05 bits per heavy atom. The van der Waals surface area contributed by atoms with Gasteiger partial charge in [0.05, 0.1) is 0 Å². The summed E-state index contributed by atoms with van der Waals surface area (Å²) < 4.78 is 5.48. The van der Waals surface area contributed by atoms with Gasteiger partial charge in [-0.3, -0.25) is 4.79 Å². The Morgan fingerprint density at radius 1 is 1.37 bits per heavy atom. The Kier molecular flexibility index (Phi) is 3.61. The van der Waals surface area contributed by atoms with Crippen molar-refractivity contribution < 1.29 is 9.53 Å². The molecule has 2 rings (SSSR count). The molecule has 0 fully saturated rings. The standard InChI is InChI=1S/C13H14N4O2/c1-8(2)7-19-10-5-3-9(4-6-10)11-12(13(14)18)16-17-15-11/h3-6H,1,7H2,2H3,(H2,14,18)(H,15,16,17). The third kappa shape index (κ3) is 2.98. The van der Waals surface area contributed by atoms with Gasteiger partial charge in [-0.25, -0.2) is 0 Å². The van der Waals surface area contributed by atoms with Crippen molar-refractivity contribution in [3.63, 3.8) is 0 Å². The number of carbonyl (C=O) groups is 1. The monoisotopic (exact) mass is 258 g/mol. The molecule has 0 aliphatic carbocycles. The van der Waals surface area contributed by atoms with Crippen molar-refractivity contribution >= 4 is 5.91 Å². The lowest BCUT2D eigenvalue weighted by atomic mass is 10.1. The summed E-state index contributed by atoms with van der Waals surface area (Å²) in [5.41, 5.74) is 7.44. The van der Waals surface area contributed by atoms with Crippen LogP contribution in [0.5, 0.6) is 5.75 Å².